The van der Waals surface area contributed by atoms with Gasteiger partial charge in [0, 0.05) is 25.5 Å². The van der Waals surface area contributed by atoms with E-state index < -0.39 is 21.7 Å². The number of amides is 1. The minimum Gasteiger partial charge on any atom is -0.349 e. The van der Waals surface area contributed by atoms with Crippen LogP contribution in [0.5, 0.6) is 0 Å². The van der Waals surface area contributed by atoms with Crippen molar-refractivity contribution in [3.05, 3.63) is 41.8 Å². The zero-order valence-electron chi connectivity index (χ0n) is 12.2. The van der Waals surface area contributed by atoms with E-state index in [-0.39, 0.29) is 24.3 Å². The number of hydrogen-bond acceptors (Lipinski definition) is 4. The summed E-state index contributed by atoms with van der Waals surface area (Å²) >= 11 is 0. The molecule has 0 aliphatic heterocycles. The molecule has 0 atom stereocenters. The lowest BCUT2D eigenvalue weighted by Crippen LogP contribution is -2.35. The molecule has 22 heavy (non-hydrogen) atoms. The fraction of sp³-hybridized carbons (Fsp3) is 0.286. The van der Waals surface area contributed by atoms with Crippen molar-refractivity contribution in [2.24, 2.45) is 0 Å². The first-order valence-corrected chi connectivity index (χ1v) is 8.38. The van der Waals surface area contributed by atoms with Gasteiger partial charge in [0.2, 0.25) is 10.0 Å². The van der Waals surface area contributed by atoms with Crippen LogP contribution in [0.3, 0.4) is 0 Å². The summed E-state index contributed by atoms with van der Waals surface area (Å²) in [6.07, 6.45) is 1.09. The third kappa shape index (κ3) is 3.77. The number of carbonyl (C=O) groups is 1. The summed E-state index contributed by atoms with van der Waals surface area (Å²) in [5.41, 5.74) is 0.211. The number of rotatable bonds is 5. The molecule has 0 unspecified atom stereocenters. The second kappa shape index (κ2) is 6.37. The molecule has 1 aromatic carbocycles. The zero-order valence-corrected chi connectivity index (χ0v) is 13.0. The number of pyridine rings is 1. The van der Waals surface area contributed by atoms with E-state index in [1.165, 1.54) is 19.2 Å². The third-order valence-corrected chi connectivity index (χ3v) is 4.50. The number of aromatic nitrogens is 1. The molecule has 1 heterocycles. The highest BCUT2D eigenvalue weighted by Gasteiger charge is 2.13. The topological polar surface area (TPSA) is 79.4 Å². The van der Waals surface area contributed by atoms with Crippen molar-refractivity contribution >= 4 is 26.8 Å². The number of hydrogen-bond donors (Lipinski definition) is 1. The molecule has 6 nitrogen and oxygen atoms in total. The van der Waals surface area contributed by atoms with Gasteiger partial charge in [-0.05, 0) is 12.1 Å². The van der Waals surface area contributed by atoms with Gasteiger partial charge in [-0.1, -0.05) is 18.2 Å². The second-order valence-electron chi connectivity index (χ2n) is 4.85. The Morgan fingerprint density at radius 3 is 2.73 bits per heavy atom. The average Bonchev–Trinajstić information content (AvgIpc) is 2.46. The number of carbonyl (C=O) groups excluding carboxylic acids is 1. The van der Waals surface area contributed by atoms with Crippen LogP contribution in [0.1, 0.15) is 10.5 Å². The van der Waals surface area contributed by atoms with Gasteiger partial charge >= 0.3 is 0 Å². The summed E-state index contributed by atoms with van der Waals surface area (Å²) in [6.45, 7) is 0.284. The molecule has 0 saturated heterocycles. The maximum absolute atomic E-state index is 13.7. The quantitative estimate of drug-likeness (QED) is 0.889. The van der Waals surface area contributed by atoms with Crippen LogP contribution in [0.2, 0.25) is 0 Å². The summed E-state index contributed by atoms with van der Waals surface area (Å²) in [4.78, 5) is 16.0. The highest BCUT2D eigenvalue weighted by Crippen LogP contribution is 2.15. The number of sulfonamides is 1. The van der Waals surface area contributed by atoms with Crippen molar-refractivity contribution in [1.82, 2.24) is 14.6 Å². The number of fused-ring (bicyclic) bond motifs is 1. The van der Waals surface area contributed by atoms with Crippen molar-refractivity contribution in [1.29, 1.82) is 0 Å². The number of para-hydroxylation sites is 1. The maximum Gasteiger partial charge on any atom is 0.269 e. The van der Waals surface area contributed by atoms with Gasteiger partial charge in [0.25, 0.3) is 5.91 Å². The minimum atomic E-state index is -3.28. The number of halogens is 1. The number of benzene rings is 1. The molecule has 118 valence electrons. The second-order valence-corrected chi connectivity index (χ2v) is 6.94. The number of nitrogens with zero attached hydrogens (tertiary/aromatic N) is 2. The molecule has 0 bridgehead atoms. The van der Waals surface area contributed by atoms with Gasteiger partial charge in [0.05, 0.1) is 6.26 Å². The molecular formula is C14H16FN3O3S. The monoisotopic (exact) mass is 325 g/mol. The van der Waals surface area contributed by atoms with Crippen LogP contribution in [0, 0.1) is 5.82 Å². The van der Waals surface area contributed by atoms with E-state index in [2.05, 4.69) is 10.3 Å². The summed E-state index contributed by atoms with van der Waals surface area (Å²) in [5.74, 6) is -0.976. The standard InChI is InChI=1S/C14H16FN3O3S/c1-18(22(2,20)21)9-8-16-14(19)12-7-6-10-4-3-5-11(15)13(10)17-12/h3-7H,8-9H2,1-2H3,(H,16,19). The zero-order chi connectivity index (χ0) is 16.3. The van der Waals surface area contributed by atoms with Gasteiger partial charge in [-0.15, -0.1) is 0 Å². The lowest BCUT2D eigenvalue weighted by atomic mass is 10.2. The van der Waals surface area contributed by atoms with E-state index in [0.29, 0.717) is 5.39 Å². The summed E-state index contributed by atoms with van der Waals surface area (Å²) in [6, 6.07) is 7.66. The van der Waals surface area contributed by atoms with Gasteiger partial charge in [0.15, 0.2) is 0 Å². The van der Waals surface area contributed by atoms with E-state index in [0.717, 1.165) is 10.6 Å². The van der Waals surface area contributed by atoms with E-state index >= 15 is 0 Å². The third-order valence-electron chi connectivity index (χ3n) is 3.18. The predicted octanol–water partition coefficient (Wildman–Crippen LogP) is 0.995. The first-order valence-electron chi connectivity index (χ1n) is 6.54. The molecule has 1 N–H and O–H groups in total. The predicted molar refractivity (Wildman–Crippen MR) is 81.5 cm³/mol. The fourth-order valence-electron chi connectivity index (χ4n) is 1.82. The van der Waals surface area contributed by atoms with Crippen LogP contribution in [0.15, 0.2) is 30.3 Å². The summed E-state index contributed by atoms with van der Waals surface area (Å²) in [5, 5.41) is 3.16. The van der Waals surface area contributed by atoms with Crippen molar-refractivity contribution in [2.45, 2.75) is 0 Å². The van der Waals surface area contributed by atoms with Crippen LogP contribution in [-0.2, 0) is 10.0 Å². The van der Waals surface area contributed by atoms with Gasteiger partial charge in [-0.2, -0.15) is 0 Å². The lowest BCUT2D eigenvalue weighted by molar-refractivity contribution is 0.0947. The molecule has 0 aliphatic carbocycles. The highest BCUT2D eigenvalue weighted by molar-refractivity contribution is 7.88. The molecule has 0 aliphatic rings. The Hall–Kier alpha value is -2.06. The van der Waals surface area contributed by atoms with E-state index in [1.54, 1.807) is 18.2 Å². The molecule has 0 spiro atoms. The molecule has 0 fully saturated rings. The van der Waals surface area contributed by atoms with Crippen LogP contribution in [0.4, 0.5) is 4.39 Å². The molecule has 0 radical (unpaired) electrons. The van der Waals surface area contributed by atoms with Crippen LogP contribution < -0.4 is 5.32 Å². The Kier molecular flexibility index (Phi) is 4.72. The minimum absolute atomic E-state index is 0.0830. The average molecular weight is 325 g/mol. The van der Waals surface area contributed by atoms with Crippen molar-refractivity contribution in [3.63, 3.8) is 0 Å². The van der Waals surface area contributed by atoms with Gasteiger partial charge < -0.3 is 5.32 Å². The Balaban J connectivity index is 2.06. The van der Waals surface area contributed by atoms with Gasteiger partial charge in [0.1, 0.15) is 17.0 Å². The van der Waals surface area contributed by atoms with Crippen molar-refractivity contribution < 1.29 is 17.6 Å². The van der Waals surface area contributed by atoms with Crippen LogP contribution in [0.25, 0.3) is 10.9 Å². The molecule has 0 saturated carbocycles. The first-order chi connectivity index (χ1) is 10.3. The molecular weight excluding hydrogens is 309 g/mol. The lowest BCUT2D eigenvalue weighted by Gasteiger charge is -2.14. The number of nitrogens with one attached hydrogen (secondary N) is 1. The molecule has 1 amide bonds. The molecule has 8 heteroatoms. The van der Waals surface area contributed by atoms with E-state index in [4.69, 9.17) is 0 Å². The van der Waals surface area contributed by atoms with Crippen LogP contribution in [-0.4, -0.2) is 50.0 Å². The smallest absolute Gasteiger partial charge is 0.269 e. The van der Waals surface area contributed by atoms with E-state index in [1.807, 2.05) is 0 Å². The SMILES string of the molecule is CN(CCNC(=O)c1ccc2cccc(F)c2n1)S(C)(=O)=O. The molecule has 2 rings (SSSR count). The highest BCUT2D eigenvalue weighted by atomic mass is 32.2. The maximum atomic E-state index is 13.7. The normalized spacial score (nSPS) is 11.8. The Morgan fingerprint density at radius 2 is 2.05 bits per heavy atom. The van der Waals surface area contributed by atoms with Crippen molar-refractivity contribution in [3.8, 4) is 0 Å². The fourth-order valence-corrected chi connectivity index (χ4v) is 2.24. The van der Waals surface area contributed by atoms with Crippen molar-refractivity contribution in [2.75, 3.05) is 26.4 Å². The van der Waals surface area contributed by atoms with Gasteiger partial charge in [-0.25, -0.2) is 22.1 Å². The van der Waals surface area contributed by atoms with Crippen LogP contribution >= 0.6 is 0 Å². The Labute approximate surface area is 128 Å². The first kappa shape index (κ1) is 16.3. The van der Waals surface area contributed by atoms with Gasteiger partial charge in [-0.3, -0.25) is 4.79 Å². The Bertz CT molecular complexity index is 808. The molecule has 1 aromatic heterocycles. The largest absolute Gasteiger partial charge is 0.349 e. The summed E-state index contributed by atoms with van der Waals surface area (Å²) < 4.78 is 37.2. The molecule has 2 aromatic rings. The van der Waals surface area contributed by atoms with E-state index in [9.17, 15) is 17.6 Å². The summed E-state index contributed by atoms with van der Waals surface area (Å²) in [7, 11) is -1.86. The number of likely N-dealkylation sites (N-methyl/N-ethyl adjacent to an activating group) is 1. The Morgan fingerprint density at radius 1 is 1.32 bits per heavy atom.